The van der Waals surface area contributed by atoms with Crippen molar-refractivity contribution in [2.24, 2.45) is 0 Å². The molecule has 0 heterocycles. The first kappa shape index (κ1) is 15.4. The van der Waals surface area contributed by atoms with Gasteiger partial charge in [0.1, 0.15) is 16.5 Å². The molecule has 3 heteroatoms. The molecule has 0 spiro atoms. The largest absolute Gasteiger partial charge is 0.359 e. The van der Waals surface area contributed by atoms with Gasteiger partial charge in [-0.3, -0.25) is 0 Å². The van der Waals surface area contributed by atoms with Crippen molar-refractivity contribution < 1.29 is 0 Å². The molecular formula is C12H31NSi2. The van der Waals surface area contributed by atoms with E-state index in [2.05, 4.69) is 44.7 Å². The zero-order valence-electron chi connectivity index (χ0n) is 11.7. The van der Waals surface area contributed by atoms with E-state index in [1.807, 2.05) is 0 Å². The van der Waals surface area contributed by atoms with Crippen LogP contribution in [-0.4, -0.2) is 16.5 Å². The van der Waals surface area contributed by atoms with Crippen LogP contribution >= 0.6 is 0 Å². The zero-order valence-corrected chi connectivity index (χ0v) is 13.7. The Balaban J connectivity index is 4.26. The average Bonchev–Trinajstić information content (AvgIpc) is 2.09. The third-order valence-corrected chi connectivity index (χ3v) is 11.2. The summed E-state index contributed by atoms with van der Waals surface area (Å²) in [5.41, 5.74) is 0. The van der Waals surface area contributed by atoms with Crippen LogP contribution in [0.1, 0.15) is 39.5 Å². The maximum atomic E-state index is 4.08. The SMILES string of the molecule is CCCC[Si](C)(CCCC)N[Si](C)(C)C. The summed E-state index contributed by atoms with van der Waals surface area (Å²) < 4.78 is 4.08. The van der Waals surface area contributed by atoms with Gasteiger partial charge in [-0.05, 0) is 12.1 Å². The molecule has 0 rings (SSSR count). The predicted molar refractivity (Wildman–Crippen MR) is 77.5 cm³/mol. The number of hydrogen-bond donors (Lipinski definition) is 1. The maximum Gasteiger partial charge on any atom is 0.116 e. The fraction of sp³-hybridized carbons (Fsp3) is 1.00. The summed E-state index contributed by atoms with van der Waals surface area (Å²) in [6.45, 7) is 14.5. The fourth-order valence-corrected chi connectivity index (χ4v) is 13.0. The number of nitrogens with one attached hydrogen (secondary N) is 1. The van der Waals surface area contributed by atoms with Gasteiger partial charge in [0, 0.05) is 0 Å². The monoisotopic (exact) mass is 245 g/mol. The standard InChI is InChI=1S/C12H31NSi2/c1-7-9-11-15(6,12-10-8-2)13-14(3,4)5/h13H,7-12H2,1-6H3. The highest BCUT2D eigenvalue weighted by atomic mass is 28.4. The molecule has 0 radical (unpaired) electrons. The maximum absolute atomic E-state index is 4.08. The minimum atomic E-state index is -1.12. The molecule has 92 valence electrons. The molecule has 15 heavy (non-hydrogen) atoms. The Kier molecular flexibility index (Phi) is 7.05. The normalized spacial score (nSPS) is 13.2. The molecule has 1 nitrogen and oxygen atoms in total. The van der Waals surface area contributed by atoms with Crippen molar-refractivity contribution >= 4 is 16.5 Å². The molecule has 0 aromatic heterocycles. The van der Waals surface area contributed by atoms with Crippen molar-refractivity contribution in [3.63, 3.8) is 0 Å². The summed E-state index contributed by atoms with van der Waals surface area (Å²) in [5.74, 6) is 0. The van der Waals surface area contributed by atoms with E-state index in [1.54, 1.807) is 0 Å². The van der Waals surface area contributed by atoms with Crippen molar-refractivity contribution in [3.05, 3.63) is 0 Å². The number of rotatable bonds is 8. The Bertz CT molecular complexity index is 155. The topological polar surface area (TPSA) is 12.0 Å². The third kappa shape index (κ3) is 8.23. The molecule has 0 saturated carbocycles. The lowest BCUT2D eigenvalue weighted by Gasteiger charge is -2.35. The summed E-state index contributed by atoms with van der Waals surface area (Å²) in [5, 5.41) is 0. The Morgan fingerprint density at radius 2 is 1.20 bits per heavy atom. The number of unbranched alkanes of at least 4 members (excludes halogenated alkanes) is 2. The van der Waals surface area contributed by atoms with E-state index in [0.717, 1.165) is 0 Å². The highest BCUT2D eigenvalue weighted by molar-refractivity contribution is 6.91. The van der Waals surface area contributed by atoms with Gasteiger partial charge in [-0.2, -0.15) is 0 Å². The van der Waals surface area contributed by atoms with Crippen LogP contribution in [0.15, 0.2) is 0 Å². The van der Waals surface area contributed by atoms with Crippen LogP contribution in [0.5, 0.6) is 0 Å². The Hall–Kier alpha value is 0.394. The van der Waals surface area contributed by atoms with Crippen molar-refractivity contribution in [2.75, 3.05) is 0 Å². The molecule has 1 N–H and O–H groups in total. The van der Waals surface area contributed by atoms with Crippen LogP contribution in [0.2, 0.25) is 38.3 Å². The van der Waals surface area contributed by atoms with Crippen LogP contribution < -0.4 is 4.65 Å². The molecule has 0 aromatic carbocycles. The molecule has 0 saturated heterocycles. The van der Waals surface area contributed by atoms with E-state index in [9.17, 15) is 0 Å². The molecule has 0 fully saturated rings. The van der Waals surface area contributed by atoms with Crippen molar-refractivity contribution in [2.45, 2.75) is 77.8 Å². The lowest BCUT2D eigenvalue weighted by molar-refractivity contribution is 0.818. The first-order chi connectivity index (χ1) is 6.83. The van der Waals surface area contributed by atoms with Crippen LogP contribution in [0, 0.1) is 0 Å². The van der Waals surface area contributed by atoms with Gasteiger partial charge in [-0.25, -0.2) is 0 Å². The average molecular weight is 246 g/mol. The molecule has 0 atom stereocenters. The number of hydrogen-bond acceptors (Lipinski definition) is 1. The quantitative estimate of drug-likeness (QED) is 0.617. The predicted octanol–water partition coefficient (Wildman–Crippen LogP) is 4.59. The minimum Gasteiger partial charge on any atom is -0.359 e. The van der Waals surface area contributed by atoms with Crippen molar-refractivity contribution in [1.82, 2.24) is 4.65 Å². The van der Waals surface area contributed by atoms with E-state index in [0.29, 0.717) is 0 Å². The van der Waals surface area contributed by atoms with E-state index < -0.39 is 16.5 Å². The molecule has 0 aliphatic heterocycles. The highest BCUT2D eigenvalue weighted by Gasteiger charge is 2.30. The molecule has 0 aliphatic rings. The van der Waals surface area contributed by atoms with Crippen LogP contribution in [0.25, 0.3) is 0 Å². The second kappa shape index (κ2) is 6.87. The molecule has 0 aliphatic carbocycles. The lowest BCUT2D eigenvalue weighted by atomic mass is 10.4. The second-order valence-electron chi connectivity index (χ2n) is 6.14. The third-order valence-electron chi connectivity index (χ3n) is 2.84. The summed E-state index contributed by atoms with van der Waals surface area (Å²) in [4.78, 5) is 0. The van der Waals surface area contributed by atoms with Crippen LogP contribution in [0.3, 0.4) is 0 Å². The Morgan fingerprint density at radius 3 is 1.47 bits per heavy atom. The van der Waals surface area contributed by atoms with Crippen molar-refractivity contribution in [3.8, 4) is 0 Å². The highest BCUT2D eigenvalue weighted by Crippen LogP contribution is 2.21. The molecular weight excluding hydrogens is 214 g/mol. The van der Waals surface area contributed by atoms with E-state index in [-0.39, 0.29) is 0 Å². The van der Waals surface area contributed by atoms with E-state index in [4.69, 9.17) is 0 Å². The summed E-state index contributed by atoms with van der Waals surface area (Å²) >= 11 is 0. The molecule has 0 amide bonds. The van der Waals surface area contributed by atoms with E-state index in [1.165, 1.54) is 37.8 Å². The smallest absolute Gasteiger partial charge is 0.116 e. The van der Waals surface area contributed by atoms with Crippen LogP contribution in [-0.2, 0) is 0 Å². The van der Waals surface area contributed by atoms with Gasteiger partial charge < -0.3 is 4.65 Å². The summed E-state index contributed by atoms with van der Waals surface area (Å²) in [6, 6.07) is 2.96. The molecule has 0 unspecified atom stereocenters. The van der Waals surface area contributed by atoms with Gasteiger partial charge in [0.15, 0.2) is 0 Å². The van der Waals surface area contributed by atoms with Gasteiger partial charge >= 0.3 is 0 Å². The molecule has 0 aromatic rings. The first-order valence-corrected chi connectivity index (χ1v) is 13.0. The minimum absolute atomic E-state index is 1.08. The lowest BCUT2D eigenvalue weighted by Crippen LogP contribution is -2.59. The zero-order chi connectivity index (χ0) is 11.9. The Labute approximate surface area is 99.2 Å². The fourth-order valence-electron chi connectivity index (χ4n) is 2.29. The first-order valence-electron chi connectivity index (χ1n) is 6.62. The second-order valence-corrected chi connectivity index (χ2v) is 15.8. The summed E-state index contributed by atoms with van der Waals surface area (Å²) in [6.07, 6.45) is 5.54. The van der Waals surface area contributed by atoms with Crippen molar-refractivity contribution in [1.29, 1.82) is 0 Å². The molecule has 0 bridgehead atoms. The van der Waals surface area contributed by atoms with Gasteiger partial charge in [0.2, 0.25) is 0 Å². The van der Waals surface area contributed by atoms with Gasteiger partial charge in [-0.15, -0.1) is 0 Å². The van der Waals surface area contributed by atoms with Gasteiger partial charge in [0.05, 0.1) is 0 Å². The van der Waals surface area contributed by atoms with Crippen LogP contribution in [0.4, 0.5) is 0 Å². The summed E-state index contributed by atoms with van der Waals surface area (Å²) in [7, 11) is -2.20. The van der Waals surface area contributed by atoms with Gasteiger partial charge in [-0.1, -0.05) is 65.7 Å². The van der Waals surface area contributed by atoms with Gasteiger partial charge in [0.25, 0.3) is 0 Å². The Morgan fingerprint density at radius 1 is 0.800 bits per heavy atom. The van der Waals surface area contributed by atoms with E-state index >= 15 is 0 Å².